The van der Waals surface area contributed by atoms with Crippen molar-refractivity contribution < 1.29 is 4.79 Å². The molecule has 0 unspecified atom stereocenters. The number of aromatic nitrogens is 2. The van der Waals surface area contributed by atoms with Gasteiger partial charge in [0.25, 0.3) is 0 Å². The van der Waals surface area contributed by atoms with Gasteiger partial charge in [0.2, 0.25) is 5.91 Å². The van der Waals surface area contributed by atoms with Crippen molar-refractivity contribution in [3.8, 4) is 0 Å². The lowest BCUT2D eigenvalue weighted by molar-refractivity contribution is -0.116. The van der Waals surface area contributed by atoms with Gasteiger partial charge in [-0.1, -0.05) is 6.92 Å². The molecule has 1 amide bonds. The first-order valence-electron chi connectivity index (χ1n) is 4.65. The molecular weight excluding hydrogens is 180 g/mol. The zero-order valence-electron chi connectivity index (χ0n) is 8.79. The Morgan fingerprint density at radius 2 is 2.29 bits per heavy atom. The fourth-order valence-corrected chi connectivity index (χ4v) is 1.24. The van der Waals surface area contributed by atoms with Crippen LogP contribution in [0.15, 0.2) is 0 Å². The highest BCUT2D eigenvalue weighted by molar-refractivity contribution is 5.92. The Balaban J connectivity index is 2.81. The first-order valence-corrected chi connectivity index (χ1v) is 4.65. The smallest absolute Gasteiger partial charge is 0.225 e. The molecule has 0 radical (unpaired) electrons. The Morgan fingerprint density at radius 1 is 1.64 bits per heavy atom. The van der Waals surface area contributed by atoms with E-state index in [4.69, 9.17) is 5.73 Å². The summed E-state index contributed by atoms with van der Waals surface area (Å²) in [4.78, 5) is 11.3. The number of nitrogens with zero attached hydrogens (tertiary/aromatic N) is 2. The normalized spacial score (nSPS) is 10.2. The van der Waals surface area contributed by atoms with Crippen molar-refractivity contribution in [2.75, 3.05) is 11.1 Å². The molecule has 1 heterocycles. The Bertz CT molecular complexity index is 343. The number of aryl methyl sites for hydroxylation is 2. The molecule has 0 saturated heterocycles. The number of rotatable bonds is 3. The third kappa shape index (κ3) is 2.04. The number of hydrogen-bond acceptors (Lipinski definition) is 3. The summed E-state index contributed by atoms with van der Waals surface area (Å²) in [6, 6.07) is 0. The molecule has 0 aliphatic rings. The lowest BCUT2D eigenvalue weighted by Crippen LogP contribution is -2.14. The van der Waals surface area contributed by atoms with E-state index in [-0.39, 0.29) is 5.91 Å². The second kappa shape index (κ2) is 4.13. The van der Waals surface area contributed by atoms with Crippen LogP contribution < -0.4 is 11.1 Å². The molecule has 5 nitrogen and oxygen atoms in total. The van der Waals surface area contributed by atoms with Gasteiger partial charge in [-0.25, -0.2) is 0 Å². The molecule has 1 aromatic rings. The van der Waals surface area contributed by atoms with E-state index in [9.17, 15) is 4.79 Å². The molecule has 5 heteroatoms. The predicted molar refractivity (Wildman–Crippen MR) is 55.9 cm³/mol. The maximum Gasteiger partial charge on any atom is 0.225 e. The number of carbonyl (C=O) groups excluding carboxylic acids is 1. The number of carbonyl (C=O) groups is 1. The minimum Gasteiger partial charge on any atom is -0.394 e. The van der Waals surface area contributed by atoms with Gasteiger partial charge in [0.05, 0.1) is 11.4 Å². The van der Waals surface area contributed by atoms with Crippen LogP contribution in [0.2, 0.25) is 0 Å². The van der Waals surface area contributed by atoms with E-state index < -0.39 is 0 Å². The van der Waals surface area contributed by atoms with Crippen LogP contribution in [0.5, 0.6) is 0 Å². The van der Waals surface area contributed by atoms with Crippen molar-refractivity contribution in [1.29, 1.82) is 0 Å². The summed E-state index contributed by atoms with van der Waals surface area (Å²) in [5, 5.41) is 6.84. The predicted octanol–water partition coefficient (Wildman–Crippen LogP) is 1.05. The molecule has 14 heavy (non-hydrogen) atoms. The first kappa shape index (κ1) is 10.6. The van der Waals surface area contributed by atoms with Gasteiger partial charge in [0.15, 0.2) is 5.82 Å². The summed E-state index contributed by atoms with van der Waals surface area (Å²) in [6.45, 7) is 3.77. The number of hydrogen-bond donors (Lipinski definition) is 2. The Hall–Kier alpha value is -1.52. The minimum absolute atomic E-state index is 0.0257. The second-order valence-electron chi connectivity index (χ2n) is 3.27. The van der Waals surface area contributed by atoms with E-state index in [0.717, 1.165) is 12.1 Å². The molecule has 0 bridgehead atoms. The lowest BCUT2D eigenvalue weighted by atomic mass is 10.3. The van der Waals surface area contributed by atoms with Crippen molar-refractivity contribution in [1.82, 2.24) is 9.78 Å². The van der Waals surface area contributed by atoms with Gasteiger partial charge in [-0.05, 0) is 13.3 Å². The Labute approximate surface area is 83.3 Å². The molecular formula is C9H16N4O. The average Bonchev–Trinajstić information content (AvgIpc) is 2.33. The average molecular weight is 196 g/mol. The fraction of sp³-hybridized carbons (Fsp3) is 0.556. The summed E-state index contributed by atoms with van der Waals surface area (Å²) in [5.41, 5.74) is 7.02. The van der Waals surface area contributed by atoms with Crippen LogP contribution >= 0.6 is 0 Å². The van der Waals surface area contributed by atoms with Crippen LogP contribution in [0.1, 0.15) is 25.5 Å². The lowest BCUT2D eigenvalue weighted by Gasteiger charge is -2.05. The van der Waals surface area contributed by atoms with E-state index in [2.05, 4.69) is 10.4 Å². The molecule has 0 aliphatic carbocycles. The van der Waals surface area contributed by atoms with Crippen molar-refractivity contribution in [3.63, 3.8) is 0 Å². The van der Waals surface area contributed by atoms with Crippen molar-refractivity contribution in [2.24, 2.45) is 7.05 Å². The summed E-state index contributed by atoms with van der Waals surface area (Å²) >= 11 is 0. The van der Waals surface area contributed by atoms with Crippen LogP contribution in [0, 0.1) is 6.92 Å². The van der Waals surface area contributed by atoms with Gasteiger partial charge >= 0.3 is 0 Å². The third-order valence-corrected chi connectivity index (χ3v) is 2.00. The van der Waals surface area contributed by atoms with Gasteiger partial charge in [-0.15, -0.1) is 0 Å². The van der Waals surface area contributed by atoms with Gasteiger partial charge in [0, 0.05) is 13.5 Å². The number of anilines is 2. The van der Waals surface area contributed by atoms with E-state index in [0.29, 0.717) is 17.9 Å². The van der Waals surface area contributed by atoms with Crippen LogP contribution in [0.25, 0.3) is 0 Å². The standard InChI is InChI=1S/C9H16N4O/c1-4-5-7(14)11-9-8(10)6(2)12-13(9)3/h4-5,10H2,1-3H3,(H,11,14). The number of nitrogens with two attached hydrogens (primary N) is 1. The summed E-state index contributed by atoms with van der Waals surface area (Å²) < 4.78 is 1.58. The zero-order chi connectivity index (χ0) is 10.7. The second-order valence-corrected chi connectivity index (χ2v) is 3.27. The highest BCUT2D eigenvalue weighted by Crippen LogP contribution is 2.20. The Morgan fingerprint density at radius 3 is 2.71 bits per heavy atom. The molecule has 0 saturated carbocycles. The maximum absolute atomic E-state index is 11.3. The molecule has 0 spiro atoms. The quantitative estimate of drug-likeness (QED) is 0.758. The molecule has 1 rings (SSSR count). The molecule has 0 aliphatic heterocycles. The number of nitrogen functional groups attached to an aromatic ring is 1. The molecule has 0 aromatic carbocycles. The largest absolute Gasteiger partial charge is 0.394 e. The first-order chi connectivity index (χ1) is 6.56. The van der Waals surface area contributed by atoms with Crippen LogP contribution in [-0.2, 0) is 11.8 Å². The van der Waals surface area contributed by atoms with E-state index in [1.165, 1.54) is 0 Å². The number of amides is 1. The van der Waals surface area contributed by atoms with Gasteiger partial charge < -0.3 is 11.1 Å². The highest BCUT2D eigenvalue weighted by atomic mass is 16.1. The van der Waals surface area contributed by atoms with Crippen LogP contribution in [0.3, 0.4) is 0 Å². The fourth-order valence-electron chi connectivity index (χ4n) is 1.24. The molecule has 1 aromatic heterocycles. The maximum atomic E-state index is 11.3. The van der Waals surface area contributed by atoms with Crippen LogP contribution in [-0.4, -0.2) is 15.7 Å². The van der Waals surface area contributed by atoms with Gasteiger partial charge in [-0.3, -0.25) is 9.48 Å². The summed E-state index contributed by atoms with van der Waals surface area (Å²) in [7, 11) is 1.75. The van der Waals surface area contributed by atoms with Gasteiger partial charge in [-0.2, -0.15) is 5.10 Å². The zero-order valence-corrected chi connectivity index (χ0v) is 8.79. The number of nitrogens with one attached hydrogen (secondary N) is 1. The van der Waals surface area contributed by atoms with Crippen molar-refractivity contribution in [2.45, 2.75) is 26.7 Å². The Kier molecular flexibility index (Phi) is 3.11. The highest BCUT2D eigenvalue weighted by Gasteiger charge is 2.11. The minimum atomic E-state index is -0.0257. The molecule has 78 valence electrons. The molecule has 0 fully saturated rings. The van der Waals surface area contributed by atoms with Gasteiger partial charge in [0.1, 0.15) is 0 Å². The van der Waals surface area contributed by atoms with E-state index in [1.807, 2.05) is 13.8 Å². The van der Waals surface area contributed by atoms with E-state index in [1.54, 1.807) is 11.7 Å². The van der Waals surface area contributed by atoms with Crippen molar-refractivity contribution in [3.05, 3.63) is 5.69 Å². The van der Waals surface area contributed by atoms with Crippen LogP contribution in [0.4, 0.5) is 11.5 Å². The molecule has 0 atom stereocenters. The van der Waals surface area contributed by atoms with E-state index >= 15 is 0 Å². The third-order valence-electron chi connectivity index (χ3n) is 2.00. The monoisotopic (exact) mass is 196 g/mol. The topological polar surface area (TPSA) is 72.9 Å². The van der Waals surface area contributed by atoms with Crippen molar-refractivity contribution >= 4 is 17.4 Å². The molecule has 3 N–H and O–H groups in total. The SMILES string of the molecule is CCCC(=O)Nc1c(N)c(C)nn1C. The summed E-state index contributed by atoms with van der Waals surface area (Å²) in [6.07, 6.45) is 1.33. The summed E-state index contributed by atoms with van der Waals surface area (Å²) in [5.74, 6) is 0.558.